The third-order valence-electron chi connectivity index (χ3n) is 4.38. The van der Waals surface area contributed by atoms with Gasteiger partial charge in [0.2, 0.25) is 0 Å². The summed E-state index contributed by atoms with van der Waals surface area (Å²) in [5.41, 5.74) is 3.07. The summed E-state index contributed by atoms with van der Waals surface area (Å²) in [5, 5.41) is 15.7. The smallest absolute Gasteiger partial charge is 0.270 e. The number of nitro benzene ring substituents is 1. The van der Waals surface area contributed by atoms with E-state index in [2.05, 4.69) is 15.2 Å². The van der Waals surface area contributed by atoms with Crippen LogP contribution in [0.1, 0.15) is 5.56 Å². The van der Waals surface area contributed by atoms with Crippen molar-refractivity contribution in [3.63, 3.8) is 0 Å². The SMILES string of the molecule is COc1cccc(/C=N/Nc2ccc([N+](=O)[O-])cc2S(=O)(=O)Nc2ccc(Cl)cc2)c1OC. The van der Waals surface area contributed by atoms with Crippen LogP contribution in [0.3, 0.4) is 0 Å². The maximum atomic E-state index is 13.0. The predicted molar refractivity (Wildman–Crippen MR) is 126 cm³/mol. The molecule has 172 valence electrons. The Kier molecular flexibility index (Phi) is 7.36. The normalized spacial score (nSPS) is 11.2. The quantitative estimate of drug-likeness (QED) is 0.256. The van der Waals surface area contributed by atoms with E-state index in [1.165, 1.54) is 56.8 Å². The number of benzene rings is 3. The van der Waals surface area contributed by atoms with Crippen molar-refractivity contribution in [2.45, 2.75) is 4.90 Å². The fourth-order valence-electron chi connectivity index (χ4n) is 2.85. The number of hydrazone groups is 1. The third kappa shape index (κ3) is 5.70. The molecule has 3 rings (SSSR count). The molecule has 0 unspecified atom stereocenters. The van der Waals surface area contributed by atoms with E-state index in [-0.39, 0.29) is 16.3 Å². The molecule has 3 aromatic carbocycles. The van der Waals surface area contributed by atoms with Crippen molar-refractivity contribution in [1.82, 2.24) is 0 Å². The summed E-state index contributed by atoms with van der Waals surface area (Å²) in [7, 11) is -1.23. The first-order valence-corrected chi connectivity index (χ1v) is 11.2. The molecular weight excluding hydrogens is 472 g/mol. The van der Waals surface area contributed by atoms with E-state index in [1.54, 1.807) is 18.2 Å². The van der Waals surface area contributed by atoms with E-state index in [0.717, 1.165) is 6.07 Å². The van der Waals surface area contributed by atoms with Crippen molar-refractivity contribution >= 4 is 44.9 Å². The molecule has 0 aliphatic carbocycles. The Morgan fingerprint density at radius 3 is 2.42 bits per heavy atom. The molecule has 10 nitrogen and oxygen atoms in total. The summed E-state index contributed by atoms with van der Waals surface area (Å²) >= 11 is 5.83. The molecule has 0 fully saturated rings. The number of nitro groups is 1. The average Bonchev–Trinajstić information content (AvgIpc) is 2.80. The van der Waals surface area contributed by atoms with Crippen molar-refractivity contribution in [2.75, 3.05) is 24.4 Å². The minimum Gasteiger partial charge on any atom is -0.493 e. The second-order valence-electron chi connectivity index (χ2n) is 6.50. The first kappa shape index (κ1) is 23.8. The maximum absolute atomic E-state index is 13.0. The minimum absolute atomic E-state index is 0.0279. The molecule has 0 amide bonds. The highest BCUT2D eigenvalue weighted by molar-refractivity contribution is 7.92. The number of methoxy groups -OCH3 is 2. The monoisotopic (exact) mass is 490 g/mol. The van der Waals surface area contributed by atoms with E-state index in [9.17, 15) is 18.5 Å². The van der Waals surface area contributed by atoms with Gasteiger partial charge in [-0.1, -0.05) is 17.7 Å². The Hall–Kier alpha value is -3.83. The number of ether oxygens (including phenoxy) is 2. The lowest BCUT2D eigenvalue weighted by molar-refractivity contribution is -0.385. The van der Waals surface area contributed by atoms with Gasteiger partial charge in [0.1, 0.15) is 4.90 Å². The van der Waals surface area contributed by atoms with Gasteiger partial charge in [0, 0.05) is 28.4 Å². The summed E-state index contributed by atoms with van der Waals surface area (Å²) in [5.74, 6) is 0.929. The van der Waals surface area contributed by atoms with Gasteiger partial charge in [-0.05, 0) is 42.5 Å². The van der Waals surface area contributed by atoms with Gasteiger partial charge in [-0.3, -0.25) is 20.3 Å². The van der Waals surface area contributed by atoms with Crippen molar-refractivity contribution in [3.05, 3.63) is 81.4 Å². The van der Waals surface area contributed by atoms with Gasteiger partial charge >= 0.3 is 0 Å². The standard InChI is InChI=1S/C21H19ClN4O6S/c1-31-19-5-3-4-14(21(19)32-2)13-23-24-18-11-10-17(26(27)28)12-20(18)33(29,30)25-16-8-6-15(22)7-9-16/h3-13,24-25H,1-2H3/b23-13+. The highest BCUT2D eigenvalue weighted by atomic mass is 35.5. The molecule has 0 atom stereocenters. The summed E-state index contributed by atoms with van der Waals surface area (Å²) in [6.07, 6.45) is 1.41. The maximum Gasteiger partial charge on any atom is 0.270 e. The number of non-ortho nitro benzene ring substituents is 1. The fourth-order valence-corrected chi connectivity index (χ4v) is 4.21. The van der Waals surface area contributed by atoms with E-state index < -0.39 is 20.6 Å². The van der Waals surface area contributed by atoms with E-state index in [4.69, 9.17) is 21.1 Å². The number of hydrogen-bond donors (Lipinski definition) is 2. The molecule has 33 heavy (non-hydrogen) atoms. The lowest BCUT2D eigenvalue weighted by Crippen LogP contribution is -2.15. The number of sulfonamides is 1. The topological polar surface area (TPSA) is 132 Å². The molecule has 0 aliphatic heterocycles. The Morgan fingerprint density at radius 1 is 1.06 bits per heavy atom. The van der Waals surface area contributed by atoms with Gasteiger partial charge in [-0.25, -0.2) is 8.42 Å². The molecule has 12 heteroatoms. The molecule has 0 bridgehead atoms. The molecule has 3 aromatic rings. The molecule has 0 spiro atoms. The van der Waals surface area contributed by atoms with Crippen LogP contribution in [0, 0.1) is 10.1 Å². The van der Waals surface area contributed by atoms with Crippen LogP contribution >= 0.6 is 11.6 Å². The predicted octanol–water partition coefficient (Wildman–Crippen LogP) is 4.51. The summed E-state index contributed by atoms with van der Waals surface area (Å²) in [6.45, 7) is 0. The number of nitrogens with one attached hydrogen (secondary N) is 2. The summed E-state index contributed by atoms with van der Waals surface area (Å²) < 4.78 is 38.9. The molecular formula is C21H19ClN4O6S. The van der Waals surface area contributed by atoms with Crippen LogP contribution in [0.25, 0.3) is 0 Å². The van der Waals surface area contributed by atoms with E-state index in [0.29, 0.717) is 22.1 Å². The number of hydrogen-bond acceptors (Lipinski definition) is 8. The minimum atomic E-state index is -4.21. The molecule has 0 aromatic heterocycles. The highest BCUT2D eigenvalue weighted by Crippen LogP contribution is 2.31. The van der Waals surface area contributed by atoms with Crippen molar-refractivity contribution in [2.24, 2.45) is 5.10 Å². The second-order valence-corrected chi connectivity index (χ2v) is 8.59. The third-order valence-corrected chi connectivity index (χ3v) is 6.06. The Morgan fingerprint density at radius 2 is 1.79 bits per heavy atom. The van der Waals surface area contributed by atoms with Crippen LogP contribution in [0.15, 0.2) is 70.7 Å². The van der Waals surface area contributed by atoms with Gasteiger partial charge in [0.25, 0.3) is 15.7 Å². The zero-order valence-corrected chi connectivity index (χ0v) is 19.1. The van der Waals surface area contributed by atoms with Crippen molar-refractivity contribution in [1.29, 1.82) is 0 Å². The molecule has 0 heterocycles. The zero-order valence-electron chi connectivity index (χ0n) is 17.5. The van der Waals surface area contributed by atoms with Crippen molar-refractivity contribution in [3.8, 4) is 11.5 Å². The second kappa shape index (κ2) is 10.2. The highest BCUT2D eigenvalue weighted by Gasteiger charge is 2.23. The molecule has 0 radical (unpaired) electrons. The van der Waals surface area contributed by atoms with Crippen LogP contribution < -0.4 is 19.6 Å². The summed E-state index contributed by atoms with van der Waals surface area (Å²) in [6, 6.07) is 14.5. The number of para-hydroxylation sites is 1. The average molecular weight is 491 g/mol. The summed E-state index contributed by atoms with van der Waals surface area (Å²) in [4.78, 5) is 10.2. The largest absolute Gasteiger partial charge is 0.493 e. The van der Waals surface area contributed by atoms with Crippen molar-refractivity contribution < 1.29 is 22.8 Å². The van der Waals surface area contributed by atoms with Gasteiger partial charge in [0.15, 0.2) is 11.5 Å². The molecule has 0 saturated heterocycles. The van der Waals surface area contributed by atoms with Crippen LogP contribution in [0.5, 0.6) is 11.5 Å². The van der Waals surface area contributed by atoms with Crippen LogP contribution in [0.2, 0.25) is 5.02 Å². The Balaban J connectivity index is 1.95. The zero-order chi connectivity index (χ0) is 24.0. The Labute approximate surface area is 195 Å². The Bertz CT molecular complexity index is 1300. The van der Waals surface area contributed by atoms with Crippen LogP contribution in [0.4, 0.5) is 17.1 Å². The van der Waals surface area contributed by atoms with Gasteiger partial charge < -0.3 is 9.47 Å². The fraction of sp³-hybridized carbons (Fsp3) is 0.0952. The lowest BCUT2D eigenvalue weighted by Gasteiger charge is -2.12. The molecule has 0 aliphatic rings. The van der Waals surface area contributed by atoms with Crippen LogP contribution in [-0.4, -0.2) is 33.8 Å². The first-order valence-electron chi connectivity index (χ1n) is 9.32. The molecule has 2 N–H and O–H groups in total. The van der Waals surface area contributed by atoms with E-state index >= 15 is 0 Å². The number of nitrogens with zero attached hydrogens (tertiary/aromatic N) is 2. The number of halogens is 1. The van der Waals surface area contributed by atoms with Gasteiger partial charge in [-0.15, -0.1) is 0 Å². The first-order chi connectivity index (χ1) is 15.7. The van der Waals surface area contributed by atoms with Gasteiger partial charge in [-0.2, -0.15) is 5.10 Å². The lowest BCUT2D eigenvalue weighted by atomic mass is 10.2. The van der Waals surface area contributed by atoms with Gasteiger partial charge in [0.05, 0.1) is 31.0 Å². The number of anilines is 2. The van der Waals surface area contributed by atoms with Crippen LogP contribution in [-0.2, 0) is 10.0 Å². The van der Waals surface area contributed by atoms with E-state index in [1.807, 2.05) is 0 Å². The number of rotatable bonds is 9. The molecule has 0 saturated carbocycles.